The third-order valence-electron chi connectivity index (χ3n) is 19.0. The van der Waals surface area contributed by atoms with Crippen LogP contribution < -0.4 is 0 Å². The maximum Gasteiger partial charge on any atom is 0.472 e. The number of rotatable bonds is 86. The first-order valence-electron chi connectivity index (χ1n) is 46.4. The van der Waals surface area contributed by atoms with Crippen molar-refractivity contribution in [1.82, 2.24) is 0 Å². The lowest BCUT2D eigenvalue weighted by molar-refractivity contribution is -0.161. The molecule has 5 atom stereocenters. The molecule has 0 bridgehead atoms. The second-order valence-electron chi connectivity index (χ2n) is 30.3. The van der Waals surface area contributed by atoms with Crippen molar-refractivity contribution in [3.8, 4) is 0 Å². The van der Waals surface area contributed by atoms with Crippen LogP contribution in [0, 0.1) is 0 Å². The number of unbranched alkanes of at least 4 members (excludes halogenated alkanes) is 29. The Morgan fingerprint density at radius 2 is 0.420 bits per heavy atom. The fourth-order valence-corrected chi connectivity index (χ4v) is 13.7. The molecule has 0 aromatic heterocycles. The van der Waals surface area contributed by atoms with Gasteiger partial charge in [0.2, 0.25) is 0 Å². The van der Waals surface area contributed by atoms with Gasteiger partial charge in [-0.1, -0.05) is 375 Å². The Balaban J connectivity index is 4.70. The second kappa shape index (κ2) is 91.3. The summed E-state index contributed by atoms with van der Waals surface area (Å²) in [4.78, 5) is 59.1. The molecule has 0 rings (SSSR count). The molecule has 0 radical (unpaired) electrons. The predicted molar refractivity (Wildman–Crippen MR) is 500 cm³/mol. The van der Waals surface area contributed by atoms with Gasteiger partial charge in [-0.2, -0.15) is 0 Å². The molecule has 676 valence electrons. The van der Waals surface area contributed by atoms with Crippen LogP contribution in [0.4, 0.5) is 0 Å². The standard InChI is InChI=1S/C101H166O16P2/c1-4-7-10-13-16-19-22-25-28-31-34-37-40-43-46-47-50-52-54-57-60-63-66-69-72-75-78-81-84-87-99(104)111-90-96(102)91-113-118(107,108)114-92-97(103)93-115-119(109,110)116-95-98(117-101(106)89-86-83-80-77-74-71-68-65-62-59-56-53-49-45-42-39-36-33-30-27-24-21-18-15-12-9-6-3)94-112-100(105)88-85-82-79-76-73-70-67-64-61-58-55-51-48-44-41-38-35-32-29-26-23-20-17-14-11-8-5-2/h7-12,16-21,25-30,34-39,43-46,48-50,52,55,58,96-98,102-103H,4-6,13-15,22-24,31-33,40-42,47,51,53-54,56-57,59-95H2,1-3H3,(H,107,108)(H,109,110)/b10-7-,11-8-,12-9-,19-16-,20-17-,21-18-,28-25-,29-26-,30-27-,37-34-,38-35-,39-36-,46-43-,48-44-,49-45-,52-50-,58-55-. The zero-order valence-corrected chi connectivity index (χ0v) is 76.2. The van der Waals surface area contributed by atoms with Crippen molar-refractivity contribution in [2.75, 3.05) is 39.6 Å². The molecule has 5 unspecified atom stereocenters. The molecular weight excluding hydrogens is 1530 g/mol. The highest BCUT2D eigenvalue weighted by atomic mass is 31.2. The highest BCUT2D eigenvalue weighted by Crippen LogP contribution is 2.45. The summed E-state index contributed by atoms with van der Waals surface area (Å²) in [5.74, 6) is -1.59. The molecule has 0 aromatic carbocycles. The number of aliphatic hydroxyl groups excluding tert-OH is 2. The van der Waals surface area contributed by atoms with Crippen LogP contribution >= 0.6 is 15.6 Å². The number of ether oxygens (including phenoxy) is 3. The number of phosphoric ester groups is 2. The lowest BCUT2D eigenvalue weighted by Crippen LogP contribution is -2.30. The number of aliphatic hydroxyl groups is 2. The summed E-state index contributed by atoms with van der Waals surface area (Å²) in [6.45, 7) is 2.35. The van der Waals surface area contributed by atoms with E-state index in [0.717, 1.165) is 218 Å². The quantitative estimate of drug-likeness (QED) is 0.0146. The summed E-state index contributed by atoms with van der Waals surface area (Å²) in [5, 5.41) is 20.7. The van der Waals surface area contributed by atoms with E-state index in [1.165, 1.54) is 77.0 Å². The molecule has 4 N–H and O–H groups in total. The Hall–Kier alpha value is -5.87. The van der Waals surface area contributed by atoms with E-state index >= 15 is 0 Å². The fourth-order valence-electron chi connectivity index (χ4n) is 12.1. The lowest BCUT2D eigenvalue weighted by atomic mass is 10.0. The van der Waals surface area contributed by atoms with Crippen molar-refractivity contribution in [3.05, 3.63) is 207 Å². The van der Waals surface area contributed by atoms with Crippen LogP contribution in [-0.4, -0.2) is 95.9 Å². The van der Waals surface area contributed by atoms with Gasteiger partial charge in [-0.3, -0.25) is 32.5 Å². The number of carbonyl (C=O) groups excluding carboxylic acids is 3. The number of hydrogen-bond donors (Lipinski definition) is 4. The van der Waals surface area contributed by atoms with Crippen LogP contribution in [0.2, 0.25) is 0 Å². The van der Waals surface area contributed by atoms with Crippen LogP contribution in [0.15, 0.2) is 207 Å². The molecule has 0 saturated carbocycles. The Labute approximate surface area is 724 Å². The molecule has 119 heavy (non-hydrogen) atoms. The van der Waals surface area contributed by atoms with Gasteiger partial charge in [-0.25, -0.2) is 9.13 Å². The number of allylic oxidation sites excluding steroid dienone is 34. The molecule has 0 aliphatic rings. The number of phosphoric acid groups is 2. The van der Waals surface area contributed by atoms with Crippen molar-refractivity contribution in [2.45, 2.75) is 373 Å². The number of hydrogen-bond acceptors (Lipinski definition) is 14. The first kappa shape index (κ1) is 113. The third kappa shape index (κ3) is 92.7. The van der Waals surface area contributed by atoms with Crippen molar-refractivity contribution < 1.29 is 75.8 Å². The molecule has 0 aliphatic carbocycles. The molecule has 0 spiro atoms. The zero-order valence-electron chi connectivity index (χ0n) is 74.5. The summed E-state index contributed by atoms with van der Waals surface area (Å²) >= 11 is 0. The molecular formula is C101H166O16P2. The smallest absolute Gasteiger partial charge is 0.463 e. The van der Waals surface area contributed by atoms with Crippen molar-refractivity contribution >= 4 is 33.6 Å². The maximum absolute atomic E-state index is 13.1. The Morgan fingerprint density at radius 1 is 0.235 bits per heavy atom. The fraction of sp³-hybridized carbons (Fsp3) is 0.634. The Bertz CT molecular complexity index is 2990. The van der Waals surface area contributed by atoms with Gasteiger partial charge in [0.05, 0.1) is 26.4 Å². The molecule has 0 amide bonds. The summed E-state index contributed by atoms with van der Waals surface area (Å²) in [5.41, 5.74) is 0. The molecule has 0 aromatic rings. The second-order valence-corrected chi connectivity index (χ2v) is 33.2. The molecule has 0 heterocycles. The van der Waals surface area contributed by atoms with Gasteiger partial charge >= 0.3 is 33.6 Å². The van der Waals surface area contributed by atoms with Gasteiger partial charge in [-0.05, 0) is 167 Å². The van der Waals surface area contributed by atoms with Crippen molar-refractivity contribution in [3.63, 3.8) is 0 Å². The van der Waals surface area contributed by atoms with Gasteiger partial charge in [0.25, 0.3) is 0 Å². The minimum Gasteiger partial charge on any atom is -0.463 e. The van der Waals surface area contributed by atoms with Gasteiger partial charge in [0.1, 0.15) is 25.4 Å². The molecule has 0 aliphatic heterocycles. The minimum atomic E-state index is -4.95. The number of carbonyl (C=O) groups is 3. The highest BCUT2D eigenvalue weighted by Gasteiger charge is 2.29. The summed E-state index contributed by atoms with van der Waals surface area (Å²) in [6, 6.07) is 0. The Kier molecular flexibility index (Phi) is 86.8. The molecule has 0 saturated heterocycles. The van der Waals surface area contributed by atoms with Crippen LogP contribution in [0.3, 0.4) is 0 Å². The normalized spacial score (nSPS) is 14.7. The van der Waals surface area contributed by atoms with E-state index < -0.39 is 91.5 Å². The predicted octanol–water partition coefficient (Wildman–Crippen LogP) is 28.8. The van der Waals surface area contributed by atoms with E-state index in [9.17, 15) is 43.5 Å². The van der Waals surface area contributed by atoms with E-state index in [1.54, 1.807) is 0 Å². The van der Waals surface area contributed by atoms with Gasteiger partial charge in [0, 0.05) is 19.3 Å². The van der Waals surface area contributed by atoms with E-state index in [-0.39, 0.29) is 19.3 Å². The average Bonchev–Trinajstić information content (AvgIpc) is 0.905. The summed E-state index contributed by atoms with van der Waals surface area (Å²) < 4.78 is 61.5. The summed E-state index contributed by atoms with van der Waals surface area (Å²) in [7, 11) is -9.83. The van der Waals surface area contributed by atoms with Gasteiger partial charge < -0.3 is 34.2 Å². The lowest BCUT2D eigenvalue weighted by Gasteiger charge is -2.21. The average molecular weight is 1700 g/mol. The highest BCUT2D eigenvalue weighted by molar-refractivity contribution is 7.47. The summed E-state index contributed by atoms with van der Waals surface area (Å²) in [6.07, 6.45) is 123. The largest absolute Gasteiger partial charge is 0.472 e. The molecule has 0 fully saturated rings. The molecule has 16 nitrogen and oxygen atoms in total. The van der Waals surface area contributed by atoms with Crippen LogP contribution in [0.5, 0.6) is 0 Å². The first-order chi connectivity index (χ1) is 58.2. The van der Waals surface area contributed by atoms with Crippen LogP contribution in [0.25, 0.3) is 0 Å². The molecule has 18 heteroatoms. The topological polar surface area (TPSA) is 231 Å². The van der Waals surface area contributed by atoms with E-state index in [1.807, 2.05) is 0 Å². The monoisotopic (exact) mass is 1700 g/mol. The van der Waals surface area contributed by atoms with Crippen LogP contribution in [-0.2, 0) is 55.8 Å². The van der Waals surface area contributed by atoms with Gasteiger partial charge in [0.15, 0.2) is 6.10 Å². The Morgan fingerprint density at radius 3 is 0.664 bits per heavy atom. The first-order valence-corrected chi connectivity index (χ1v) is 49.4. The SMILES string of the molecule is CC/C=C\C/C=C\C/C=C\C/C=C\C/C=C\C/C=C\CCCCCCCCCCCCC(=O)OCC(O)COP(=O)(O)OCC(O)COP(=O)(O)OCC(COC(=O)CCCCCCCCCC/C=C\C/C=C\C/C=C\C/C=C\C/C=C\C/C=C\CC)OC(=O)CCCCCCCCCCCCC/C=C\C/C=C\C/C=C\C/C=C\C/C=C\CC. The van der Waals surface area contributed by atoms with Gasteiger partial charge in [-0.15, -0.1) is 0 Å². The minimum absolute atomic E-state index is 0.0910. The van der Waals surface area contributed by atoms with E-state index in [0.29, 0.717) is 19.3 Å². The van der Waals surface area contributed by atoms with E-state index in [2.05, 4.69) is 227 Å². The van der Waals surface area contributed by atoms with Crippen LogP contribution in [0.1, 0.15) is 355 Å². The zero-order chi connectivity index (χ0) is 86.5. The third-order valence-corrected chi connectivity index (χ3v) is 20.9. The van der Waals surface area contributed by atoms with Crippen molar-refractivity contribution in [1.29, 1.82) is 0 Å². The van der Waals surface area contributed by atoms with Crippen molar-refractivity contribution in [2.24, 2.45) is 0 Å². The number of esters is 3. The maximum atomic E-state index is 13.1. The van der Waals surface area contributed by atoms with E-state index in [4.69, 9.17) is 32.3 Å².